The van der Waals surface area contributed by atoms with Crippen molar-refractivity contribution in [2.24, 2.45) is 11.0 Å². The molecule has 1 aromatic rings. The highest BCUT2D eigenvalue weighted by Crippen LogP contribution is 2.31. The number of hydrogen-bond acceptors (Lipinski definition) is 4. The van der Waals surface area contributed by atoms with Crippen LogP contribution in [0.4, 0.5) is 13.2 Å². The molecule has 130 valence electrons. The summed E-state index contributed by atoms with van der Waals surface area (Å²) < 4.78 is 38.7. The Kier molecular flexibility index (Phi) is 4.86. The third kappa shape index (κ3) is 3.59. The van der Waals surface area contributed by atoms with Gasteiger partial charge in [-0.25, -0.2) is 10.9 Å². The fourth-order valence-corrected chi connectivity index (χ4v) is 3.40. The molecule has 3 N–H and O–H groups in total. The number of rotatable bonds is 3. The van der Waals surface area contributed by atoms with Crippen molar-refractivity contribution in [3.8, 4) is 0 Å². The Morgan fingerprint density at radius 3 is 2.75 bits per heavy atom. The van der Waals surface area contributed by atoms with E-state index < -0.39 is 17.8 Å². The Morgan fingerprint density at radius 1 is 1.21 bits per heavy atom. The van der Waals surface area contributed by atoms with Crippen LogP contribution < -0.4 is 16.3 Å². The van der Waals surface area contributed by atoms with Crippen molar-refractivity contribution >= 4 is 12.1 Å². The highest BCUT2D eigenvalue weighted by Gasteiger charge is 2.41. The zero-order valence-electron chi connectivity index (χ0n) is 12.9. The topological polar surface area (TPSA) is 65.5 Å². The molecule has 24 heavy (non-hydrogen) atoms. The predicted octanol–water partition coefficient (Wildman–Crippen LogP) is 2.19. The van der Waals surface area contributed by atoms with Crippen LogP contribution in [0.25, 0.3) is 0 Å². The van der Waals surface area contributed by atoms with Crippen molar-refractivity contribution < 1.29 is 18.0 Å². The highest BCUT2D eigenvalue weighted by atomic mass is 19.4. The fourth-order valence-electron chi connectivity index (χ4n) is 3.40. The highest BCUT2D eigenvalue weighted by molar-refractivity contribution is 5.86. The van der Waals surface area contributed by atoms with Gasteiger partial charge in [0.15, 0.2) is 0 Å². The maximum Gasteiger partial charge on any atom is 0.417 e. The SMILES string of the molecule is O=C(N/N=C\c1ccccc1C(F)(F)F)C1NNC2CCCCC21. The average molecular weight is 340 g/mol. The van der Waals surface area contributed by atoms with Crippen molar-refractivity contribution in [1.29, 1.82) is 0 Å². The van der Waals surface area contributed by atoms with Crippen molar-refractivity contribution in [2.45, 2.75) is 43.9 Å². The zero-order chi connectivity index (χ0) is 17.2. The lowest BCUT2D eigenvalue weighted by Gasteiger charge is -2.26. The van der Waals surface area contributed by atoms with Gasteiger partial charge in [-0.3, -0.25) is 10.2 Å². The van der Waals surface area contributed by atoms with E-state index in [9.17, 15) is 18.0 Å². The molecule has 1 amide bonds. The molecule has 5 nitrogen and oxygen atoms in total. The summed E-state index contributed by atoms with van der Waals surface area (Å²) in [6.45, 7) is 0. The van der Waals surface area contributed by atoms with Crippen LogP contribution in [-0.4, -0.2) is 24.2 Å². The number of hydrazine groups is 1. The summed E-state index contributed by atoms with van der Waals surface area (Å²) in [4.78, 5) is 12.2. The lowest BCUT2D eigenvalue weighted by Crippen LogP contribution is -2.44. The van der Waals surface area contributed by atoms with Crippen LogP contribution in [0.5, 0.6) is 0 Å². The number of nitrogens with one attached hydrogen (secondary N) is 3. The van der Waals surface area contributed by atoms with E-state index in [0.717, 1.165) is 38.0 Å². The van der Waals surface area contributed by atoms with E-state index >= 15 is 0 Å². The van der Waals surface area contributed by atoms with E-state index in [-0.39, 0.29) is 23.4 Å². The Morgan fingerprint density at radius 2 is 1.96 bits per heavy atom. The smallest absolute Gasteiger partial charge is 0.271 e. The largest absolute Gasteiger partial charge is 0.417 e. The predicted molar refractivity (Wildman–Crippen MR) is 83.0 cm³/mol. The Bertz CT molecular complexity index is 632. The van der Waals surface area contributed by atoms with Crippen molar-refractivity contribution in [2.75, 3.05) is 0 Å². The molecule has 3 unspecified atom stereocenters. The summed E-state index contributed by atoms with van der Waals surface area (Å²) >= 11 is 0. The number of amides is 1. The number of hydrogen-bond donors (Lipinski definition) is 3. The third-order valence-electron chi connectivity index (χ3n) is 4.60. The molecular weight excluding hydrogens is 321 g/mol. The number of carbonyl (C=O) groups is 1. The molecule has 3 rings (SSSR count). The second-order valence-corrected chi connectivity index (χ2v) is 6.14. The zero-order valence-corrected chi connectivity index (χ0v) is 12.9. The first-order chi connectivity index (χ1) is 11.5. The van der Waals surface area contributed by atoms with Crippen LogP contribution in [0, 0.1) is 5.92 Å². The number of halogens is 3. The summed E-state index contributed by atoms with van der Waals surface area (Å²) in [6, 6.07) is 4.96. The summed E-state index contributed by atoms with van der Waals surface area (Å²) in [7, 11) is 0. The van der Waals surface area contributed by atoms with Gasteiger partial charge >= 0.3 is 6.18 Å². The van der Waals surface area contributed by atoms with E-state index in [2.05, 4.69) is 21.4 Å². The number of hydrazone groups is 1. The van der Waals surface area contributed by atoms with Crippen LogP contribution in [0.15, 0.2) is 29.4 Å². The molecule has 0 radical (unpaired) electrons. The molecule has 2 fully saturated rings. The summed E-state index contributed by atoms with van der Waals surface area (Å²) in [5, 5.41) is 3.71. The van der Waals surface area contributed by atoms with Gasteiger partial charge in [-0.15, -0.1) is 0 Å². The third-order valence-corrected chi connectivity index (χ3v) is 4.60. The van der Waals surface area contributed by atoms with E-state index in [0.29, 0.717) is 0 Å². The quantitative estimate of drug-likeness (QED) is 0.584. The molecule has 2 aliphatic rings. The van der Waals surface area contributed by atoms with Crippen LogP contribution in [0.2, 0.25) is 0 Å². The Hall–Kier alpha value is -1.93. The summed E-state index contributed by atoms with van der Waals surface area (Å²) in [5.74, 6) is -0.144. The van der Waals surface area contributed by atoms with Gasteiger partial charge in [0, 0.05) is 17.5 Å². The number of carbonyl (C=O) groups excluding carboxylic acids is 1. The summed E-state index contributed by atoms with van der Waals surface area (Å²) in [6.07, 6.45) is 0.750. The number of benzene rings is 1. The lowest BCUT2D eigenvalue weighted by molar-refractivity contribution is -0.137. The normalized spacial score (nSPS) is 27.2. The molecule has 1 aromatic carbocycles. The standard InChI is InChI=1S/C16H19F3N4O/c17-16(18,19)12-7-3-1-5-10(12)9-20-23-15(24)14-11-6-2-4-8-13(11)21-22-14/h1,3,5,7,9,11,13-14,21-22H,2,4,6,8H2,(H,23,24)/b20-9-. The molecular formula is C16H19F3N4O. The Labute approximate surface area is 137 Å². The lowest BCUT2D eigenvalue weighted by atomic mass is 9.81. The number of fused-ring (bicyclic) bond motifs is 1. The molecule has 8 heteroatoms. The molecule has 1 aliphatic carbocycles. The van der Waals surface area contributed by atoms with Crippen LogP contribution in [0.3, 0.4) is 0 Å². The first-order valence-electron chi connectivity index (χ1n) is 7.97. The minimum Gasteiger partial charge on any atom is -0.271 e. The molecule has 0 aromatic heterocycles. The molecule has 1 aliphatic heterocycles. The van der Waals surface area contributed by atoms with Gasteiger partial charge in [-0.2, -0.15) is 18.3 Å². The molecule has 3 atom stereocenters. The molecule has 0 bridgehead atoms. The minimum absolute atomic E-state index is 0.0849. The van der Waals surface area contributed by atoms with Gasteiger partial charge in [-0.05, 0) is 18.9 Å². The molecule has 0 spiro atoms. The second-order valence-electron chi connectivity index (χ2n) is 6.14. The maximum atomic E-state index is 12.9. The minimum atomic E-state index is -4.46. The van der Waals surface area contributed by atoms with Crippen molar-refractivity contribution in [1.82, 2.24) is 16.3 Å². The van der Waals surface area contributed by atoms with Crippen LogP contribution in [-0.2, 0) is 11.0 Å². The maximum absolute atomic E-state index is 12.9. The van der Waals surface area contributed by atoms with Gasteiger partial charge in [0.2, 0.25) is 0 Å². The number of nitrogens with zero attached hydrogens (tertiary/aromatic N) is 1. The Balaban J connectivity index is 1.64. The first-order valence-corrected chi connectivity index (χ1v) is 7.97. The van der Waals surface area contributed by atoms with Crippen LogP contribution in [0.1, 0.15) is 36.8 Å². The van der Waals surface area contributed by atoms with Gasteiger partial charge < -0.3 is 0 Å². The van der Waals surface area contributed by atoms with E-state index in [1.54, 1.807) is 0 Å². The van der Waals surface area contributed by atoms with Gasteiger partial charge in [-0.1, -0.05) is 31.0 Å². The first kappa shape index (κ1) is 16.9. The van der Waals surface area contributed by atoms with Crippen molar-refractivity contribution in [3.05, 3.63) is 35.4 Å². The second kappa shape index (κ2) is 6.90. The van der Waals surface area contributed by atoms with E-state index in [4.69, 9.17) is 0 Å². The molecule has 1 heterocycles. The van der Waals surface area contributed by atoms with Crippen LogP contribution >= 0.6 is 0 Å². The van der Waals surface area contributed by atoms with Crippen molar-refractivity contribution in [3.63, 3.8) is 0 Å². The van der Waals surface area contributed by atoms with Gasteiger partial charge in [0.25, 0.3) is 5.91 Å². The summed E-state index contributed by atoms with van der Waals surface area (Å²) in [5.41, 5.74) is 7.56. The van der Waals surface area contributed by atoms with Gasteiger partial charge in [0.1, 0.15) is 6.04 Å². The monoisotopic (exact) mass is 340 g/mol. The molecule has 1 saturated heterocycles. The van der Waals surface area contributed by atoms with Gasteiger partial charge in [0.05, 0.1) is 11.8 Å². The fraction of sp³-hybridized carbons (Fsp3) is 0.500. The molecule has 1 saturated carbocycles. The van der Waals surface area contributed by atoms with E-state index in [1.165, 1.54) is 18.2 Å². The van der Waals surface area contributed by atoms with E-state index in [1.807, 2.05) is 0 Å². The number of alkyl halides is 3. The average Bonchev–Trinajstić information content (AvgIpc) is 2.98.